The molecule has 0 spiro atoms. The first-order valence-electron chi connectivity index (χ1n) is 4.24. The van der Waals surface area contributed by atoms with Crippen molar-refractivity contribution in [3.05, 3.63) is 28.8 Å². The summed E-state index contributed by atoms with van der Waals surface area (Å²) in [4.78, 5) is 18.4. The number of aromatic amines is 1. The molecule has 0 aliphatic rings. The SMILES string of the molecule is CC(C)n1cnc2c(=O)cc[nH]c21.[HH]. The molecular weight excluding hydrogens is 166 g/mol. The molecule has 2 rings (SSSR count). The maximum absolute atomic E-state index is 11.3. The van der Waals surface area contributed by atoms with E-state index in [4.69, 9.17) is 0 Å². The topological polar surface area (TPSA) is 50.7 Å². The monoisotopic (exact) mass is 179 g/mol. The molecule has 13 heavy (non-hydrogen) atoms. The first-order chi connectivity index (χ1) is 6.20. The average molecular weight is 179 g/mol. The third-order valence-electron chi connectivity index (χ3n) is 2.04. The van der Waals surface area contributed by atoms with Crippen LogP contribution in [-0.2, 0) is 0 Å². The van der Waals surface area contributed by atoms with Crippen molar-refractivity contribution in [2.75, 3.05) is 0 Å². The molecule has 2 aromatic rings. The van der Waals surface area contributed by atoms with Crippen molar-refractivity contribution in [2.45, 2.75) is 19.9 Å². The Hall–Kier alpha value is -1.58. The van der Waals surface area contributed by atoms with Gasteiger partial charge in [0.2, 0.25) is 5.43 Å². The number of aromatic nitrogens is 3. The molecule has 0 aliphatic heterocycles. The van der Waals surface area contributed by atoms with Gasteiger partial charge in [-0.25, -0.2) is 4.98 Å². The Kier molecular flexibility index (Phi) is 1.69. The molecule has 0 bridgehead atoms. The van der Waals surface area contributed by atoms with E-state index in [1.807, 2.05) is 18.4 Å². The quantitative estimate of drug-likeness (QED) is 0.722. The number of H-pyrrole nitrogens is 1. The second kappa shape index (κ2) is 2.73. The first kappa shape index (κ1) is 8.04. The molecule has 0 aromatic carbocycles. The molecule has 70 valence electrons. The highest BCUT2D eigenvalue weighted by molar-refractivity contribution is 5.69. The van der Waals surface area contributed by atoms with E-state index in [9.17, 15) is 4.79 Å². The van der Waals surface area contributed by atoms with Crippen LogP contribution in [0.3, 0.4) is 0 Å². The summed E-state index contributed by atoms with van der Waals surface area (Å²) in [6.07, 6.45) is 3.33. The third kappa shape index (κ3) is 1.14. The van der Waals surface area contributed by atoms with Crippen LogP contribution >= 0.6 is 0 Å². The van der Waals surface area contributed by atoms with Crippen LogP contribution in [-0.4, -0.2) is 14.5 Å². The molecule has 4 nitrogen and oxygen atoms in total. The van der Waals surface area contributed by atoms with Gasteiger partial charge in [0, 0.05) is 19.7 Å². The number of imidazole rings is 1. The third-order valence-corrected chi connectivity index (χ3v) is 2.04. The highest BCUT2D eigenvalue weighted by atomic mass is 16.1. The minimum Gasteiger partial charge on any atom is -0.346 e. The lowest BCUT2D eigenvalue weighted by atomic mass is 10.4. The summed E-state index contributed by atoms with van der Waals surface area (Å²) in [7, 11) is 0. The van der Waals surface area contributed by atoms with Gasteiger partial charge in [0.1, 0.15) is 5.65 Å². The summed E-state index contributed by atoms with van der Waals surface area (Å²) >= 11 is 0. The zero-order chi connectivity index (χ0) is 9.42. The molecule has 0 saturated heterocycles. The zero-order valence-corrected chi connectivity index (χ0v) is 7.61. The van der Waals surface area contributed by atoms with Crippen molar-refractivity contribution in [1.82, 2.24) is 14.5 Å². The van der Waals surface area contributed by atoms with E-state index in [1.54, 1.807) is 12.5 Å². The number of hydrogen-bond donors (Lipinski definition) is 1. The summed E-state index contributed by atoms with van der Waals surface area (Å²) in [5.41, 5.74) is 1.27. The molecule has 0 atom stereocenters. The van der Waals surface area contributed by atoms with Crippen LogP contribution < -0.4 is 5.43 Å². The van der Waals surface area contributed by atoms with Gasteiger partial charge in [-0.2, -0.15) is 0 Å². The molecular formula is C9H13N3O. The molecule has 0 unspecified atom stereocenters. The number of nitrogens with one attached hydrogen (secondary N) is 1. The Morgan fingerprint density at radius 1 is 1.62 bits per heavy atom. The second-order valence-corrected chi connectivity index (χ2v) is 3.28. The Morgan fingerprint density at radius 2 is 2.38 bits per heavy atom. The maximum Gasteiger partial charge on any atom is 0.209 e. The van der Waals surface area contributed by atoms with E-state index in [0.717, 1.165) is 5.65 Å². The normalized spacial score (nSPS) is 11.3. The van der Waals surface area contributed by atoms with E-state index < -0.39 is 0 Å². The molecule has 0 amide bonds. The largest absolute Gasteiger partial charge is 0.346 e. The van der Waals surface area contributed by atoms with Crippen LogP contribution in [0, 0.1) is 0 Å². The Morgan fingerprint density at radius 3 is 3.08 bits per heavy atom. The van der Waals surface area contributed by atoms with Gasteiger partial charge in [-0.3, -0.25) is 4.79 Å². The van der Waals surface area contributed by atoms with Crippen molar-refractivity contribution in [3.63, 3.8) is 0 Å². The number of pyridine rings is 1. The van der Waals surface area contributed by atoms with Crippen LogP contribution in [0.25, 0.3) is 11.2 Å². The van der Waals surface area contributed by atoms with E-state index in [0.29, 0.717) is 11.6 Å². The van der Waals surface area contributed by atoms with Gasteiger partial charge >= 0.3 is 0 Å². The fourth-order valence-electron chi connectivity index (χ4n) is 1.35. The van der Waals surface area contributed by atoms with Gasteiger partial charge in [0.25, 0.3) is 0 Å². The Balaban J connectivity index is 0.000000980. The summed E-state index contributed by atoms with van der Waals surface area (Å²) in [6, 6.07) is 1.79. The number of rotatable bonds is 1. The highest BCUT2D eigenvalue weighted by Crippen LogP contribution is 2.11. The van der Waals surface area contributed by atoms with Crippen LogP contribution in [0.5, 0.6) is 0 Å². The summed E-state index contributed by atoms with van der Waals surface area (Å²) in [5, 5.41) is 0. The van der Waals surface area contributed by atoms with Gasteiger partial charge in [-0.1, -0.05) is 0 Å². The smallest absolute Gasteiger partial charge is 0.209 e. The summed E-state index contributed by atoms with van der Waals surface area (Å²) < 4.78 is 1.94. The van der Waals surface area contributed by atoms with E-state index in [2.05, 4.69) is 9.97 Å². The molecule has 0 aliphatic carbocycles. The highest BCUT2D eigenvalue weighted by Gasteiger charge is 2.06. The Labute approximate surface area is 76.7 Å². The molecule has 1 N–H and O–H groups in total. The van der Waals surface area contributed by atoms with E-state index in [-0.39, 0.29) is 6.86 Å². The molecule has 0 saturated carbocycles. The first-order valence-corrected chi connectivity index (χ1v) is 4.24. The van der Waals surface area contributed by atoms with Crippen molar-refractivity contribution in [1.29, 1.82) is 0 Å². The molecule has 4 heteroatoms. The standard InChI is InChI=1S/C9H11N3O.H2/c1-6(2)12-5-11-8-7(13)3-4-10-9(8)12;/h3-6H,1-2H3,(H,10,13);1H. The van der Waals surface area contributed by atoms with Crippen LogP contribution in [0.2, 0.25) is 0 Å². The lowest BCUT2D eigenvalue weighted by Gasteiger charge is -2.06. The number of nitrogens with zero attached hydrogens (tertiary/aromatic N) is 2. The van der Waals surface area contributed by atoms with E-state index >= 15 is 0 Å². The minimum atomic E-state index is -0.0341. The number of fused-ring (bicyclic) bond motifs is 1. The van der Waals surface area contributed by atoms with Crippen LogP contribution in [0.4, 0.5) is 0 Å². The fraction of sp³-hybridized carbons (Fsp3) is 0.333. The lowest BCUT2D eigenvalue weighted by Crippen LogP contribution is -2.03. The van der Waals surface area contributed by atoms with Crippen molar-refractivity contribution in [2.24, 2.45) is 0 Å². The van der Waals surface area contributed by atoms with E-state index in [1.165, 1.54) is 6.07 Å². The van der Waals surface area contributed by atoms with Gasteiger partial charge in [0.15, 0.2) is 5.52 Å². The lowest BCUT2D eigenvalue weighted by molar-refractivity contribution is 0.613. The summed E-state index contributed by atoms with van der Waals surface area (Å²) in [6.45, 7) is 4.10. The maximum atomic E-state index is 11.3. The minimum absolute atomic E-state index is 0. The zero-order valence-electron chi connectivity index (χ0n) is 7.61. The second-order valence-electron chi connectivity index (χ2n) is 3.28. The Bertz CT molecular complexity index is 486. The molecule has 2 heterocycles. The van der Waals surface area contributed by atoms with Gasteiger partial charge in [0.05, 0.1) is 6.33 Å². The van der Waals surface area contributed by atoms with Crippen molar-refractivity contribution >= 4 is 11.2 Å². The predicted octanol–water partition coefficient (Wildman–Crippen LogP) is 1.55. The van der Waals surface area contributed by atoms with Crippen molar-refractivity contribution < 1.29 is 1.43 Å². The average Bonchev–Trinajstić information content (AvgIpc) is 2.48. The molecule has 0 radical (unpaired) electrons. The predicted molar refractivity (Wildman–Crippen MR) is 52.9 cm³/mol. The molecule has 0 fully saturated rings. The van der Waals surface area contributed by atoms with Gasteiger partial charge < -0.3 is 9.55 Å². The molecule has 2 aromatic heterocycles. The van der Waals surface area contributed by atoms with Crippen LogP contribution in [0.15, 0.2) is 23.4 Å². The van der Waals surface area contributed by atoms with Gasteiger partial charge in [-0.15, -0.1) is 0 Å². The van der Waals surface area contributed by atoms with Gasteiger partial charge in [-0.05, 0) is 13.8 Å². The number of hydrogen-bond acceptors (Lipinski definition) is 2. The van der Waals surface area contributed by atoms with Crippen molar-refractivity contribution in [3.8, 4) is 0 Å². The van der Waals surface area contributed by atoms with Crippen LogP contribution in [0.1, 0.15) is 21.3 Å². The summed E-state index contributed by atoms with van der Waals surface area (Å²) in [5.74, 6) is 0. The fourth-order valence-corrected chi connectivity index (χ4v) is 1.35.